The van der Waals surface area contributed by atoms with Crippen LogP contribution >= 0.6 is 11.6 Å². The third-order valence-electron chi connectivity index (χ3n) is 4.82. The minimum Gasteiger partial charge on any atom is -0.341 e. The average molecular weight is 368 g/mol. The average Bonchev–Trinajstić information content (AvgIpc) is 2.87. The lowest BCUT2D eigenvalue weighted by Crippen LogP contribution is -2.44. The van der Waals surface area contributed by atoms with Crippen molar-refractivity contribution < 1.29 is 4.79 Å². The van der Waals surface area contributed by atoms with Gasteiger partial charge >= 0.3 is 5.69 Å². The fourth-order valence-corrected chi connectivity index (χ4v) is 3.89. The first-order chi connectivity index (χ1) is 11.7. The molecule has 25 heavy (non-hydrogen) atoms. The Balaban J connectivity index is 2.02. The van der Waals surface area contributed by atoms with Crippen molar-refractivity contribution in [2.75, 3.05) is 13.1 Å². The summed E-state index contributed by atoms with van der Waals surface area (Å²) in [6.45, 7) is 5.58. The number of amides is 1. The first-order valence-electron chi connectivity index (χ1n) is 8.30. The van der Waals surface area contributed by atoms with Crippen molar-refractivity contribution in [3.05, 3.63) is 26.1 Å². The predicted molar refractivity (Wildman–Crippen MR) is 94.8 cm³/mol. The lowest BCUT2D eigenvalue weighted by molar-refractivity contribution is -0.134. The topological polar surface area (TPSA) is 82.1 Å². The molecule has 8 nitrogen and oxygen atoms in total. The molecule has 9 heteroatoms. The van der Waals surface area contributed by atoms with E-state index in [0.717, 1.165) is 11.0 Å². The number of carbonyl (C=O) groups excluding carboxylic acids is 1. The molecule has 1 fully saturated rings. The Hall–Kier alpha value is -2.09. The SMILES string of the molecule is C[C@@H]1C[C@H](C)CN(C(=O)Cn2c(Cl)nc3c2c(=O)n(C)c(=O)n3C)C1. The number of hydrogen-bond donors (Lipinski definition) is 0. The van der Waals surface area contributed by atoms with Crippen molar-refractivity contribution in [1.82, 2.24) is 23.6 Å². The van der Waals surface area contributed by atoms with Gasteiger partial charge in [-0.3, -0.25) is 23.3 Å². The first kappa shape index (κ1) is 17.7. The molecular formula is C16H22ClN5O3. The molecule has 1 aliphatic rings. The largest absolute Gasteiger partial charge is 0.341 e. The van der Waals surface area contributed by atoms with Crippen LogP contribution in [0.3, 0.4) is 0 Å². The third kappa shape index (κ3) is 2.99. The van der Waals surface area contributed by atoms with E-state index in [9.17, 15) is 14.4 Å². The Morgan fingerprint density at radius 1 is 1.16 bits per heavy atom. The van der Waals surface area contributed by atoms with Gasteiger partial charge in [0, 0.05) is 27.2 Å². The maximum Gasteiger partial charge on any atom is 0.332 e. The van der Waals surface area contributed by atoms with E-state index in [2.05, 4.69) is 18.8 Å². The zero-order valence-electron chi connectivity index (χ0n) is 14.8. The van der Waals surface area contributed by atoms with E-state index in [1.54, 1.807) is 0 Å². The fraction of sp³-hybridized carbons (Fsp3) is 0.625. The molecule has 1 aliphatic heterocycles. The number of rotatable bonds is 2. The lowest BCUT2D eigenvalue weighted by Gasteiger charge is -2.35. The van der Waals surface area contributed by atoms with Gasteiger partial charge in [0.05, 0.1) is 0 Å². The molecule has 0 aliphatic carbocycles. The van der Waals surface area contributed by atoms with Crippen molar-refractivity contribution in [3.8, 4) is 0 Å². The highest BCUT2D eigenvalue weighted by Gasteiger charge is 2.27. The van der Waals surface area contributed by atoms with E-state index < -0.39 is 11.2 Å². The molecule has 0 saturated carbocycles. The summed E-state index contributed by atoms with van der Waals surface area (Å²) in [5.74, 6) is 0.781. The highest BCUT2D eigenvalue weighted by atomic mass is 35.5. The van der Waals surface area contributed by atoms with Crippen molar-refractivity contribution >= 4 is 28.7 Å². The molecule has 0 bridgehead atoms. The number of fused-ring (bicyclic) bond motifs is 1. The van der Waals surface area contributed by atoms with Crippen LogP contribution in [0.4, 0.5) is 0 Å². The minimum atomic E-state index is -0.509. The first-order valence-corrected chi connectivity index (χ1v) is 8.68. The molecule has 0 N–H and O–H groups in total. The molecular weight excluding hydrogens is 346 g/mol. The van der Waals surface area contributed by atoms with Crippen LogP contribution in [0.1, 0.15) is 20.3 Å². The number of hydrogen-bond acceptors (Lipinski definition) is 4. The summed E-state index contributed by atoms with van der Waals surface area (Å²) in [5.41, 5.74) is -0.637. The van der Waals surface area contributed by atoms with E-state index in [-0.39, 0.29) is 28.9 Å². The molecule has 2 atom stereocenters. The monoisotopic (exact) mass is 367 g/mol. The molecule has 0 aromatic carbocycles. The van der Waals surface area contributed by atoms with Gasteiger partial charge in [0.1, 0.15) is 6.54 Å². The van der Waals surface area contributed by atoms with Gasteiger partial charge in [0.15, 0.2) is 11.2 Å². The molecule has 2 aromatic heterocycles. The Bertz CT molecular complexity index is 947. The molecule has 0 spiro atoms. The Labute approximate surface area is 149 Å². The Morgan fingerprint density at radius 2 is 1.76 bits per heavy atom. The van der Waals surface area contributed by atoms with Crippen LogP contribution in [-0.2, 0) is 25.4 Å². The van der Waals surface area contributed by atoms with Gasteiger partial charge in [-0.05, 0) is 29.9 Å². The number of halogens is 1. The summed E-state index contributed by atoms with van der Waals surface area (Å²) in [6.07, 6.45) is 1.10. The maximum atomic E-state index is 12.7. The fourth-order valence-electron chi connectivity index (χ4n) is 3.67. The van der Waals surface area contributed by atoms with E-state index in [0.29, 0.717) is 24.9 Å². The van der Waals surface area contributed by atoms with Crippen LogP contribution in [0.25, 0.3) is 11.2 Å². The smallest absolute Gasteiger partial charge is 0.332 e. The molecule has 3 rings (SSSR count). The van der Waals surface area contributed by atoms with Crippen LogP contribution in [0.15, 0.2) is 9.59 Å². The predicted octanol–water partition coefficient (Wildman–Crippen LogP) is 0.592. The number of aromatic nitrogens is 4. The highest BCUT2D eigenvalue weighted by molar-refractivity contribution is 6.29. The van der Waals surface area contributed by atoms with Crippen molar-refractivity contribution in [3.63, 3.8) is 0 Å². The quantitative estimate of drug-likeness (QED) is 0.727. The summed E-state index contributed by atoms with van der Waals surface area (Å²) in [4.78, 5) is 43.2. The standard InChI is InChI=1S/C16H22ClN5O3/c1-9-5-10(2)7-21(6-9)11(23)8-22-12-13(18-15(22)17)19(3)16(25)20(4)14(12)24/h9-10H,5-8H2,1-4H3/t9-,10+. The zero-order valence-corrected chi connectivity index (χ0v) is 15.6. The zero-order chi connectivity index (χ0) is 18.5. The molecule has 0 radical (unpaired) electrons. The number of imidazole rings is 1. The number of piperidine rings is 1. The van der Waals surface area contributed by atoms with Crippen LogP contribution in [0.2, 0.25) is 5.28 Å². The second-order valence-electron chi connectivity index (χ2n) is 7.09. The van der Waals surface area contributed by atoms with Crippen molar-refractivity contribution in [1.29, 1.82) is 0 Å². The van der Waals surface area contributed by atoms with Gasteiger partial charge in [-0.25, -0.2) is 4.79 Å². The molecule has 1 saturated heterocycles. The summed E-state index contributed by atoms with van der Waals surface area (Å²) in [6, 6.07) is 0. The number of likely N-dealkylation sites (tertiary alicyclic amines) is 1. The van der Waals surface area contributed by atoms with Crippen LogP contribution in [-0.4, -0.2) is 42.6 Å². The van der Waals surface area contributed by atoms with E-state index in [1.807, 2.05) is 4.90 Å². The van der Waals surface area contributed by atoms with Gasteiger partial charge in [-0.2, -0.15) is 4.98 Å². The van der Waals surface area contributed by atoms with Gasteiger partial charge in [-0.1, -0.05) is 13.8 Å². The normalized spacial score (nSPS) is 21.1. The van der Waals surface area contributed by atoms with Gasteiger partial charge in [0.2, 0.25) is 11.2 Å². The molecule has 136 valence electrons. The summed E-state index contributed by atoms with van der Waals surface area (Å²) < 4.78 is 3.64. The van der Waals surface area contributed by atoms with E-state index in [1.165, 1.54) is 23.2 Å². The number of aryl methyl sites for hydroxylation is 1. The minimum absolute atomic E-state index is 0.0276. The van der Waals surface area contributed by atoms with Gasteiger partial charge in [0.25, 0.3) is 5.56 Å². The lowest BCUT2D eigenvalue weighted by atomic mass is 9.92. The second-order valence-corrected chi connectivity index (χ2v) is 7.43. The Morgan fingerprint density at radius 3 is 2.36 bits per heavy atom. The van der Waals surface area contributed by atoms with E-state index in [4.69, 9.17) is 11.6 Å². The summed E-state index contributed by atoms with van der Waals surface area (Å²) >= 11 is 6.17. The van der Waals surface area contributed by atoms with Crippen LogP contribution in [0, 0.1) is 11.8 Å². The van der Waals surface area contributed by atoms with Crippen LogP contribution < -0.4 is 11.2 Å². The highest BCUT2D eigenvalue weighted by Crippen LogP contribution is 2.22. The summed E-state index contributed by atoms with van der Waals surface area (Å²) in [5, 5.41) is 0.0276. The van der Waals surface area contributed by atoms with Crippen molar-refractivity contribution in [2.45, 2.75) is 26.8 Å². The maximum absolute atomic E-state index is 12.7. The Kier molecular flexibility index (Phi) is 4.49. The van der Waals surface area contributed by atoms with E-state index >= 15 is 0 Å². The van der Waals surface area contributed by atoms with Crippen LogP contribution in [0.5, 0.6) is 0 Å². The van der Waals surface area contributed by atoms with Gasteiger partial charge < -0.3 is 4.90 Å². The second kappa shape index (κ2) is 6.33. The molecule has 3 heterocycles. The molecule has 1 amide bonds. The van der Waals surface area contributed by atoms with Crippen molar-refractivity contribution in [2.24, 2.45) is 25.9 Å². The number of nitrogens with zero attached hydrogens (tertiary/aromatic N) is 5. The molecule has 2 aromatic rings. The summed E-state index contributed by atoms with van der Waals surface area (Å²) in [7, 11) is 2.92. The molecule has 0 unspecified atom stereocenters. The van der Waals surface area contributed by atoms with Gasteiger partial charge in [-0.15, -0.1) is 0 Å². The third-order valence-corrected chi connectivity index (χ3v) is 5.10. The number of carbonyl (C=O) groups is 1.